The lowest BCUT2D eigenvalue weighted by molar-refractivity contribution is 0.968. The summed E-state index contributed by atoms with van der Waals surface area (Å²) in [6.45, 7) is 8.07. The fourth-order valence-corrected chi connectivity index (χ4v) is 1.88. The van der Waals surface area contributed by atoms with Crippen molar-refractivity contribution in [1.82, 2.24) is 0 Å². The van der Waals surface area contributed by atoms with Gasteiger partial charge in [-0.15, -0.1) is 0 Å². The van der Waals surface area contributed by atoms with Crippen LogP contribution in [0.3, 0.4) is 0 Å². The first-order valence-electron chi connectivity index (χ1n) is 6.44. The minimum Gasteiger partial charge on any atom is -0.0955 e. The number of hydrogen-bond acceptors (Lipinski definition) is 0. The Hall–Kier alpha value is -1.56. The topological polar surface area (TPSA) is 0 Å². The summed E-state index contributed by atoms with van der Waals surface area (Å²) in [5, 5.41) is 0. The summed E-state index contributed by atoms with van der Waals surface area (Å²) in [6.07, 6.45) is 11.7. The molecule has 0 saturated heterocycles. The Kier molecular flexibility index (Phi) is 6.09. The summed E-state index contributed by atoms with van der Waals surface area (Å²) in [5.41, 5.74) is 4.05. The fourth-order valence-electron chi connectivity index (χ4n) is 1.88. The quantitative estimate of drug-likeness (QED) is 0.592. The smallest absolute Gasteiger partial charge is 0.00289 e. The van der Waals surface area contributed by atoms with Crippen LogP contribution in [0.1, 0.15) is 31.4 Å². The van der Waals surface area contributed by atoms with Crippen LogP contribution in [0.4, 0.5) is 0 Å². The van der Waals surface area contributed by atoms with Crippen molar-refractivity contribution in [3.8, 4) is 0 Å². The number of benzene rings is 1. The standard InChI is InChI=1S/C15H16.C2H6/c1-13-8-4-2-3-5-9-14-10-6-7-11-15(14)12-13;1-2/h2-4,6-8,10-11H,1,5,9,12H2;1-2H3/b3-2-,8-4-;. The largest absolute Gasteiger partial charge is 0.0955 e. The summed E-state index contributed by atoms with van der Waals surface area (Å²) < 4.78 is 0. The van der Waals surface area contributed by atoms with E-state index in [1.807, 2.05) is 13.8 Å². The number of allylic oxidation sites excluding steroid dienone is 5. The molecule has 1 aliphatic carbocycles. The van der Waals surface area contributed by atoms with E-state index < -0.39 is 0 Å². The van der Waals surface area contributed by atoms with E-state index in [-0.39, 0.29) is 0 Å². The minimum atomic E-state index is 0.973. The van der Waals surface area contributed by atoms with E-state index in [2.05, 4.69) is 55.1 Å². The van der Waals surface area contributed by atoms with Gasteiger partial charge in [-0.1, -0.05) is 74.6 Å². The molecule has 0 bridgehead atoms. The van der Waals surface area contributed by atoms with Crippen LogP contribution in [0.15, 0.2) is 60.7 Å². The Morgan fingerprint density at radius 1 is 1.00 bits per heavy atom. The van der Waals surface area contributed by atoms with Gasteiger partial charge in [0.25, 0.3) is 0 Å². The van der Waals surface area contributed by atoms with Gasteiger partial charge < -0.3 is 0 Å². The number of aryl methyl sites for hydroxylation is 1. The van der Waals surface area contributed by atoms with Crippen LogP contribution in [0.5, 0.6) is 0 Å². The maximum atomic E-state index is 4.07. The van der Waals surface area contributed by atoms with E-state index in [0.29, 0.717) is 0 Å². The van der Waals surface area contributed by atoms with Crippen LogP contribution in [0.2, 0.25) is 0 Å². The molecule has 1 aliphatic rings. The molecule has 0 radical (unpaired) electrons. The second kappa shape index (κ2) is 7.67. The fraction of sp³-hybridized carbons (Fsp3) is 0.294. The van der Waals surface area contributed by atoms with Crippen LogP contribution in [0.25, 0.3) is 0 Å². The Bertz CT molecular complexity index is 408. The molecule has 1 aromatic carbocycles. The third-order valence-electron chi connectivity index (χ3n) is 2.70. The maximum absolute atomic E-state index is 4.07. The second-order valence-corrected chi connectivity index (χ2v) is 3.93. The zero-order valence-corrected chi connectivity index (χ0v) is 10.9. The number of fused-ring (bicyclic) bond motifs is 1. The molecule has 0 aromatic heterocycles. The van der Waals surface area contributed by atoms with Crippen LogP contribution >= 0.6 is 0 Å². The van der Waals surface area contributed by atoms with Crippen molar-refractivity contribution in [2.75, 3.05) is 0 Å². The van der Waals surface area contributed by atoms with E-state index in [4.69, 9.17) is 0 Å². The molecule has 2 rings (SSSR count). The third kappa shape index (κ3) is 4.44. The normalized spacial score (nSPS) is 18.4. The number of hydrogen-bond donors (Lipinski definition) is 0. The zero-order chi connectivity index (χ0) is 12.5. The number of rotatable bonds is 0. The summed E-state index contributed by atoms with van der Waals surface area (Å²) in [5.74, 6) is 0. The summed E-state index contributed by atoms with van der Waals surface area (Å²) in [7, 11) is 0. The predicted octanol–water partition coefficient (Wildman–Crippen LogP) is 4.87. The zero-order valence-electron chi connectivity index (χ0n) is 10.9. The van der Waals surface area contributed by atoms with Crippen molar-refractivity contribution in [3.63, 3.8) is 0 Å². The average molecular weight is 226 g/mol. The monoisotopic (exact) mass is 226 g/mol. The molecule has 0 heterocycles. The van der Waals surface area contributed by atoms with Gasteiger partial charge in [0.1, 0.15) is 0 Å². The first kappa shape index (κ1) is 13.5. The molecule has 17 heavy (non-hydrogen) atoms. The molecule has 0 spiro atoms. The van der Waals surface area contributed by atoms with Crippen LogP contribution in [0, 0.1) is 0 Å². The van der Waals surface area contributed by atoms with Gasteiger partial charge in [-0.2, -0.15) is 0 Å². The van der Waals surface area contributed by atoms with Crippen molar-refractivity contribution in [1.29, 1.82) is 0 Å². The summed E-state index contributed by atoms with van der Waals surface area (Å²) in [4.78, 5) is 0. The molecule has 90 valence electrons. The van der Waals surface area contributed by atoms with Crippen molar-refractivity contribution in [2.45, 2.75) is 33.1 Å². The molecular weight excluding hydrogens is 204 g/mol. The van der Waals surface area contributed by atoms with Crippen molar-refractivity contribution in [3.05, 3.63) is 71.8 Å². The first-order valence-corrected chi connectivity index (χ1v) is 6.44. The van der Waals surface area contributed by atoms with Gasteiger partial charge in [0.2, 0.25) is 0 Å². The highest BCUT2D eigenvalue weighted by molar-refractivity contribution is 5.34. The highest BCUT2D eigenvalue weighted by atomic mass is 14.1. The highest BCUT2D eigenvalue weighted by Gasteiger charge is 2.02. The van der Waals surface area contributed by atoms with Gasteiger partial charge in [-0.25, -0.2) is 0 Å². The van der Waals surface area contributed by atoms with Gasteiger partial charge in [0, 0.05) is 0 Å². The van der Waals surface area contributed by atoms with E-state index in [1.165, 1.54) is 16.7 Å². The van der Waals surface area contributed by atoms with Crippen molar-refractivity contribution < 1.29 is 0 Å². The molecule has 1 aromatic rings. The van der Waals surface area contributed by atoms with E-state index in [9.17, 15) is 0 Å². The molecule has 0 aliphatic heterocycles. The average Bonchev–Trinajstić information content (AvgIpc) is 2.38. The van der Waals surface area contributed by atoms with Crippen molar-refractivity contribution in [2.24, 2.45) is 0 Å². The van der Waals surface area contributed by atoms with Crippen LogP contribution in [-0.2, 0) is 12.8 Å². The molecule has 0 unspecified atom stereocenters. The van der Waals surface area contributed by atoms with Gasteiger partial charge in [0.05, 0.1) is 0 Å². The molecule has 0 heteroatoms. The molecule has 0 N–H and O–H groups in total. The Balaban J connectivity index is 0.000000686. The van der Waals surface area contributed by atoms with Gasteiger partial charge in [0.15, 0.2) is 0 Å². The first-order chi connectivity index (χ1) is 8.36. The van der Waals surface area contributed by atoms with E-state index in [1.54, 1.807) is 0 Å². The molecule has 0 atom stereocenters. The molecular formula is C17H22. The van der Waals surface area contributed by atoms with Crippen molar-refractivity contribution >= 4 is 0 Å². The lowest BCUT2D eigenvalue weighted by Gasteiger charge is -2.09. The lowest BCUT2D eigenvalue weighted by Crippen LogP contribution is -1.95. The van der Waals surface area contributed by atoms with Crippen LogP contribution < -0.4 is 0 Å². The lowest BCUT2D eigenvalue weighted by atomic mass is 9.96. The summed E-state index contributed by atoms with van der Waals surface area (Å²) >= 11 is 0. The Morgan fingerprint density at radius 2 is 1.71 bits per heavy atom. The van der Waals surface area contributed by atoms with Gasteiger partial charge >= 0.3 is 0 Å². The predicted molar refractivity (Wildman–Crippen MR) is 77.2 cm³/mol. The minimum absolute atomic E-state index is 0.973. The Labute approximate surface area is 105 Å². The SMILES string of the molecule is C=C1/C=C\C=C/CCc2ccccc2C1.CC. The summed E-state index contributed by atoms with van der Waals surface area (Å²) in [6, 6.07) is 8.66. The third-order valence-corrected chi connectivity index (χ3v) is 2.70. The van der Waals surface area contributed by atoms with Crippen LogP contribution in [-0.4, -0.2) is 0 Å². The Morgan fingerprint density at radius 3 is 2.47 bits per heavy atom. The maximum Gasteiger partial charge on any atom is -0.00289 e. The molecule has 0 saturated carbocycles. The van der Waals surface area contributed by atoms with Gasteiger partial charge in [-0.05, 0) is 30.4 Å². The highest BCUT2D eigenvalue weighted by Crippen LogP contribution is 2.16. The molecule has 0 amide bonds. The van der Waals surface area contributed by atoms with E-state index >= 15 is 0 Å². The second-order valence-electron chi connectivity index (χ2n) is 3.93. The molecule has 0 fully saturated rings. The molecule has 0 nitrogen and oxygen atoms in total. The van der Waals surface area contributed by atoms with Gasteiger partial charge in [-0.3, -0.25) is 0 Å². The van der Waals surface area contributed by atoms with E-state index in [0.717, 1.165) is 19.3 Å².